The summed E-state index contributed by atoms with van der Waals surface area (Å²) >= 11 is 7.25. The average molecular weight is 579 g/mol. The lowest BCUT2D eigenvalue weighted by atomic mass is 9.86. The zero-order valence-electron chi connectivity index (χ0n) is 20.8. The van der Waals surface area contributed by atoms with Crippen LogP contribution in [0.2, 0.25) is 5.02 Å². The zero-order valence-corrected chi connectivity index (χ0v) is 23.2. The lowest BCUT2D eigenvalue weighted by molar-refractivity contribution is -0.143. The molecule has 5 aliphatic heterocycles. The number of thiophene rings is 1. The molecule has 0 bridgehead atoms. The number of likely N-dealkylation sites (N-methyl/N-ethyl adjacent to an activating group) is 1. The molecule has 2 aromatic rings. The standard InChI is InChI=1S/C24H27ClN6O5S2/c1-27-14-24-15-29(38(34,35)21-10-16-2-3-17(25)11-18(16)37-21)12-20(32)30(24)13-23(31(24)22(27)33)5-7-28(8-6-23)19-4-9-36-26-19/h2-3,10-11H,4-9,12-15H2,1H3. The molecule has 0 aliphatic carbocycles. The lowest BCUT2D eigenvalue weighted by Crippen LogP contribution is -2.68. The first-order chi connectivity index (χ1) is 18.1. The van der Waals surface area contributed by atoms with Crippen LogP contribution in [-0.2, 0) is 19.7 Å². The summed E-state index contributed by atoms with van der Waals surface area (Å²) in [4.78, 5) is 39.8. The van der Waals surface area contributed by atoms with Gasteiger partial charge in [-0.05, 0) is 36.4 Å². The Kier molecular flexibility index (Phi) is 5.27. The molecular formula is C24H27ClN6O5S2. The van der Waals surface area contributed by atoms with Gasteiger partial charge in [0.1, 0.15) is 16.7 Å². The first-order valence-corrected chi connectivity index (χ1v) is 15.3. The molecule has 11 nitrogen and oxygen atoms in total. The van der Waals surface area contributed by atoms with Crippen molar-refractivity contribution in [1.82, 2.24) is 23.9 Å². The Morgan fingerprint density at radius 1 is 1.11 bits per heavy atom. The summed E-state index contributed by atoms with van der Waals surface area (Å²) in [5.74, 6) is 0.651. The summed E-state index contributed by atoms with van der Waals surface area (Å²) in [5.41, 5.74) is -1.59. The first kappa shape index (κ1) is 24.4. The monoisotopic (exact) mass is 578 g/mol. The maximum atomic E-state index is 13.9. The van der Waals surface area contributed by atoms with E-state index >= 15 is 0 Å². The Labute approximate surface area is 229 Å². The molecule has 4 fully saturated rings. The first-order valence-electron chi connectivity index (χ1n) is 12.6. The van der Waals surface area contributed by atoms with Crippen LogP contribution < -0.4 is 0 Å². The number of hydrogen-bond donors (Lipinski definition) is 0. The molecule has 1 atom stereocenters. The summed E-state index contributed by atoms with van der Waals surface area (Å²) in [7, 11) is -2.27. The topological polar surface area (TPSA) is 106 Å². The van der Waals surface area contributed by atoms with E-state index in [0.29, 0.717) is 44.1 Å². The highest BCUT2D eigenvalue weighted by Crippen LogP contribution is 2.50. The molecule has 0 saturated carbocycles. The lowest BCUT2D eigenvalue weighted by Gasteiger charge is -2.48. The highest BCUT2D eigenvalue weighted by molar-refractivity contribution is 7.91. The fourth-order valence-electron chi connectivity index (χ4n) is 6.82. The van der Waals surface area contributed by atoms with Crippen molar-refractivity contribution in [2.75, 3.05) is 52.9 Å². The molecule has 1 aromatic carbocycles. The quantitative estimate of drug-likeness (QED) is 0.540. The Bertz CT molecular complexity index is 1500. The van der Waals surface area contributed by atoms with Gasteiger partial charge in [-0.15, -0.1) is 11.3 Å². The number of urea groups is 1. The van der Waals surface area contributed by atoms with E-state index in [0.717, 1.165) is 33.7 Å². The number of halogens is 1. The van der Waals surface area contributed by atoms with Crippen LogP contribution in [0.4, 0.5) is 4.79 Å². The molecule has 1 aromatic heterocycles. The van der Waals surface area contributed by atoms with Crippen LogP contribution >= 0.6 is 22.9 Å². The van der Waals surface area contributed by atoms with Gasteiger partial charge in [0.05, 0.1) is 25.2 Å². The third kappa shape index (κ3) is 3.34. The zero-order chi connectivity index (χ0) is 26.4. The van der Waals surface area contributed by atoms with E-state index in [2.05, 4.69) is 10.1 Å². The normalized spacial score (nSPS) is 27.4. The molecule has 38 heavy (non-hydrogen) atoms. The highest BCUT2D eigenvalue weighted by Gasteiger charge is 2.69. The number of sulfonamides is 1. The van der Waals surface area contributed by atoms with Gasteiger partial charge in [-0.1, -0.05) is 22.8 Å². The van der Waals surface area contributed by atoms with Crippen molar-refractivity contribution >= 4 is 60.8 Å². The predicted molar refractivity (Wildman–Crippen MR) is 141 cm³/mol. The van der Waals surface area contributed by atoms with Crippen LogP contribution in [0.5, 0.6) is 0 Å². The average Bonchev–Trinajstić information content (AvgIpc) is 3.65. The number of rotatable bonds is 2. The summed E-state index contributed by atoms with van der Waals surface area (Å²) in [6.07, 6.45) is 2.10. The number of carbonyl (C=O) groups excluding carboxylic acids is 2. The molecule has 0 radical (unpaired) electrons. The maximum Gasteiger partial charge on any atom is 0.322 e. The molecular weight excluding hydrogens is 552 g/mol. The summed E-state index contributed by atoms with van der Waals surface area (Å²) < 4.78 is 29.9. The Morgan fingerprint density at radius 2 is 1.89 bits per heavy atom. The number of fused-ring (bicyclic) bond motifs is 2. The number of nitrogens with zero attached hydrogens (tertiary/aromatic N) is 6. The number of piperidine rings is 1. The van der Waals surface area contributed by atoms with Crippen LogP contribution in [0.15, 0.2) is 33.6 Å². The van der Waals surface area contributed by atoms with E-state index in [1.807, 2.05) is 4.90 Å². The van der Waals surface area contributed by atoms with Crippen LogP contribution in [0.3, 0.4) is 0 Å². The fraction of sp³-hybridized carbons (Fsp3) is 0.542. The minimum atomic E-state index is -3.98. The molecule has 0 N–H and O–H groups in total. The van der Waals surface area contributed by atoms with Gasteiger partial charge in [0.2, 0.25) is 5.91 Å². The van der Waals surface area contributed by atoms with E-state index in [4.69, 9.17) is 16.4 Å². The summed E-state index contributed by atoms with van der Waals surface area (Å²) in [6, 6.07) is 6.72. The molecule has 7 rings (SSSR count). The molecule has 5 aliphatic rings. The molecule has 6 heterocycles. The Hall–Kier alpha value is -2.61. The second-order valence-electron chi connectivity index (χ2n) is 10.8. The number of amides is 3. The number of benzene rings is 1. The minimum absolute atomic E-state index is 0.0398. The minimum Gasteiger partial charge on any atom is -0.394 e. The van der Waals surface area contributed by atoms with Gasteiger partial charge in [0.25, 0.3) is 10.0 Å². The van der Waals surface area contributed by atoms with Gasteiger partial charge in [-0.3, -0.25) is 9.69 Å². The fourth-order valence-corrected chi connectivity index (χ4v) is 10.1. The number of hydrogen-bond acceptors (Lipinski definition) is 8. The van der Waals surface area contributed by atoms with Crippen molar-refractivity contribution in [2.45, 2.75) is 34.7 Å². The second-order valence-corrected chi connectivity index (χ2v) is 14.4. The van der Waals surface area contributed by atoms with Crippen molar-refractivity contribution < 1.29 is 22.8 Å². The largest absolute Gasteiger partial charge is 0.394 e. The van der Waals surface area contributed by atoms with Crippen molar-refractivity contribution in [2.24, 2.45) is 5.16 Å². The molecule has 14 heteroatoms. The van der Waals surface area contributed by atoms with Crippen LogP contribution in [0.1, 0.15) is 19.3 Å². The van der Waals surface area contributed by atoms with Crippen molar-refractivity contribution in [3.8, 4) is 0 Å². The van der Waals surface area contributed by atoms with E-state index < -0.39 is 21.2 Å². The molecule has 3 amide bonds. The van der Waals surface area contributed by atoms with Gasteiger partial charge in [-0.25, -0.2) is 13.2 Å². The van der Waals surface area contributed by atoms with Gasteiger partial charge < -0.3 is 19.5 Å². The number of piperazine rings is 1. The van der Waals surface area contributed by atoms with Crippen molar-refractivity contribution in [1.29, 1.82) is 0 Å². The van der Waals surface area contributed by atoms with E-state index in [1.54, 1.807) is 41.1 Å². The SMILES string of the molecule is CN1CC23CN(S(=O)(=O)c4cc5ccc(Cl)cc5s4)CC(=O)N2CC2(CCN(C4=NOCC4)CC2)N3C1=O. The Morgan fingerprint density at radius 3 is 2.63 bits per heavy atom. The smallest absolute Gasteiger partial charge is 0.322 e. The molecule has 202 valence electrons. The number of oxime groups is 1. The van der Waals surface area contributed by atoms with Gasteiger partial charge in [0, 0.05) is 42.8 Å². The Balaban J connectivity index is 1.23. The van der Waals surface area contributed by atoms with Crippen LogP contribution in [0, 0.1) is 0 Å². The van der Waals surface area contributed by atoms with Crippen molar-refractivity contribution in [3.63, 3.8) is 0 Å². The second kappa shape index (κ2) is 8.20. The van der Waals surface area contributed by atoms with Crippen LogP contribution in [-0.4, -0.2) is 114 Å². The van der Waals surface area contributed by atoms with Crippen molar-refractivity contribution in [3.05, 3.63) is 29.3 Å². The van der Waals surface area contributed by atoms with Gasteiger partial charge in [-0.2, -0.15) is 4.31 Å². The van der Waals surface area contributed by atoms with E-state index in [9.17, 15) is 18.0 Å². The molecule has 1 unspecified atom stereocenters. The summed E-state index contributed by atoms with van der Waals surface area (Å²) in [5, 5.41) is 5.46. The molecule has 2 spiro atoms. The van der Waals surface area contributed by atoms with E-state index in [-0.39, 0.29) is 35.8 Å². The third-order valence-electron chi connectivity index (χ3n) is 8.60. The van der Waals surface area contributed by atoms with Gasteiger partial charge in [0.15, 0.2) is 5.66 Å². The number of likely N-dealkylation sites (tertiary alicyclic amines) is 1. The number of carbonyl (C=O) groups is 2. The summed E-state index contributed by atoms with van der Waals surface area (Å²) in [6.45, 7) is 2.43. The van der Waals surface area contributed by atoms with Crippen LogP contribution in [0.25, 0.3) is 10.1 Å². The maximum absolute atomic E-state index is 13.9. The third-order valence-corrected chi connectivity index (χ3v) is 12.2. The van der Waals surface area contributed by atoms with E-state index in [1.165, 1.54) is 4.31 Å². The number of amidine groups is 1. The predicted octanol–water partition coefficient (Wildman–Crippen LogP) is 2.03. The molecule has 4 saturated heterocycles. The highest BCUT2D eigenvalue weighted by atomic mass is 35.5. The van der Waals surface area contributed by atoms with Gasteiger partial charge >= 0.3 is 6.03 Å².